The molecule has 0 aliphatic carbocycles. The van der Waals surface area contributed by atoms with Crippen LogP contribution in [0.1, 0.15) is 30.5 Å². The van der Waals surface area contributed by atoms with Gasteiger partial charge in [-0.25, -0.2) is 0 Å². The lowest BCUT2D eigenvalue weighted by molar-refractivity contribution is 0.413. The van der Waals surface area contributed by atoms with Crippen molar-refractivity contribution in [3.8, 4) is 5.75 Å². The molecule has 1 N–H and O–H groups in total. The van der Waals surface area contributed by atoms with E-state index in [1.165, 1.54) is 11.1 Å². The lowest BCUT2D eigenvalue weighted by Crippen LogP contribution is -2.23. The van der Waals surface area contributed by atoms with Crippen molar-refractivity contribution in [3.63, 3.8) is 0 Å². The van der Waals surface area contributed by atoms with E-state index in [0.29, 0.717) is 0 Å². The molecular weight excluding hydrogens is 402 g/mol. The molecule has 0 fully saturated rings. The third kappa shape index (κ3) is 3.64. The Hall–Kier alpha value is -0.360. The van der Waals surface area contributed by atoms with Crippen LogP contribution in [0.25, 0.3) is 0 Å². The molecule has 5 heteroatoms. The van der Waals surface area contributed by atoms with Gasteiger partial charge in [-0.15, -0.1) is 0 Å². The summed E-state index contributed by atoms with van der Waals surface area (Å²) in [7, 11) is 1.70. The van der Waals surface area contributed by atoms with E-state index >= 15 is 0 Å². The Morgan fingerprint density at radius 1 is 1.20 bits per heavy atom. The molecule has 1 unspecified atom stereocenters. The summed E-state index contributed by atoms with van der Waals surface area (Å²) in [6.07, 6.45) is 1.10. The van der Waals surface area contributed by atoms with Crippen molar-refractivity contribution in [2.24, 2.45) is 0 Å². The maximum atomic E-state index is 5.35. The first kappa shape index (κ1) is 16.0. The second kappa shape index (κ2) is 7.59. The van der Waals surface area contributed by atoms with E-state index in [-0.39, 0.29) is 6.04 Å². The first-order valence-electron chi connectivity index (χ1n) is 6.45. The topological polar surface area (TPSA) is 21.3 Å². The molecule has 2 rings (SSSR count). The minimum atomic E-state index is 0.153. The van der Waals surface area contributed by atoms with Gasteiger partial charge in [-0.2, -0.15) is 11.3 Å². The van der Waals surface area contributed by atoms with Gasteiger partial charge in [0.25, 0.3) is 0 Å². The largest absolute Gasteiger partial charge is 0.497 e. The quantitative estimate of drug-likeness (QED) is 0.680. The second-order valence-electron chi connectivity index (χ2n) is 4.45. The molecule has 0 saturated heterocycles. The van der Waals surface area contributed by atoms with E-state index in [9.17, 15) is 0 Å². The van der Waals surface area contributed by atoms with Crippen LogP contribution in [0.2, 0.25) is 0 Å². The molecule has 108 valence electrons. The van der Waals surface area contributed by atoms with E-state index in [1.54, 1.807) is 18.4 Å². The fraction of sp³-hybridized carbons (Fsp3) is 0.333. The third-order valence-electron chi connectivity index (χ3n) is 3.07. The molecule has 0 aliphatic rings. The minimum Gasteiger partial charge on any atom is -0.497 e. The van der Waals surface area contributed by atoms with Crippen LogP contribution < -0.4 is 10.1 Å². The lowest BCUT2D eigenvalue weighted by Gasteiger charge is -2.21. The first-order chi connectivity index (χ1) is 9.67. The monoisotopic (exact) mass is 417 g/mol. The van der Waals surface area contributed by atoms with Gasteiger partial charge in [0.2, 0.25) is 0 Å². The Morgan fingerprint density at radius 2 is 2.00 bits per heavy atom. The molecule has 20 heavy (non-hydrogen) atoms. The van der Waals surface area contributed by atoms with E-state index in [2.05, 4.69) is 60.9 Å². The Bertz CT molecular complexity index is 571. The highest BCUT2D eigenvalue weighted by Gasteiger charge is 2.20. The molecule has 2 nitrogen and oxygen atoms in total. The van der Waals surface area contributed by atoms with Gasteiger partial charge < -0.3 is 10.1 Å². The van der Waals surface area contributed by atoms with Gasteiger partial charge in [0.15, 0.2) is 0 Å². The number of ether oxygens (including phenoxy) is 1. The average molecular weight is 419 g/mol. The molecule has 1 aromatic heterocycles. The van der Waals surface area contributed by atoms with Crippen LogP contribution in [0.15, 0.2) is 37.9 Å². The Kier molecular flexibility index (Phi) is 6.08. The summed E-state index contributed by atoms with van der Waals surface area (Å²) in [5, 5.41) is 7.91. The lowest BCUT2D eigenvalue weighted by atomic mass is 10.0. The van der Waals surface area contributed by atoms with Crippen LogP contribution in [0.3, 0.4) is 0 Å². The van der Waals surface area contributed by atoms with Crippen molar-refractivity contribution < 1.29 is 4.74 Å². The van der Waals surface area contributed by atoms with Gasteiger partial charge in [-0.1, -0.05) is 22.9 Å². The number of hydrogen-bond acceptors (Lipinski definition) is 3. The molecule has 0 saturated carbocycles. The van der Waals surface area contributed by atoms with Crippen LogP contribution in [-0.2, 0) is 0 Å². The van der Waals surface area contributed by atoms with Gasteiger partial charge in [-0.05, 0) is 63.6 Å². The van der Waals surface area contributed by atoms with Gasteiger partial charge >= 0.3 is 0 Å². The second-order valence-corrected chi connectivity index (χ2v) is 6.90. The fourth-order valence-electron chi connectivity index (χ4n) is 2.04. The summed E-state index contributed by atoms with van der Waals surface area (Å²) >= 11 is 9.00. The number of thiophene rings is 1. The Labute approximate surface area is 140 Å². The molecule has 2 aromatic rings. The van der Waals surface area contributed by atoms with Crippen LogP contribution in [-0.4, -0.2) is 13.7 Å². The van der Waals surface area contributed by atoms with E-state index in [0.717, 1.165) is 27.7 Å². The molecule has 1 heterocycles. The Morgan fingerprint density at radius 3 is 2.60 bits per heavy atom. The van der Waals surface area contributed by atoms with Crippen molar-refractivity contribution >= 4 is 43.2 Å². The number of halogens is 2. The smallest absolute Gasteiger partial charge is 0.119 e. The summed E-state index contributed by atoms with van der Waals surface area (Å²) < 4.78 is 7.59. The summed E-state index contributed by atoms with van der Waals surface area (Å²) in [4.78, 5) is 0. The number of methoxy groups -OCH3 is 1. The van der Waals surface area contributed by atoms with Crippen molar-refractivity contribution in [1.29, 1.82) is 0 Å². The molecule has 1 aromatic carbocycles. The molecule has 1 atom stereocenters. The van der Waals surface area contributed by atoms with Crippen LogP contribution in [0, 0.1) is 0 Å². The van der Waals surface area contributed by atoms with Crippen molar-refractivity contribution in [1.82, 2.24) is 5.32 Å². The zero-order chi connectivity index (χ0) is 14.5. The van der Waals surface area contributed by atoms with Crippen LogP contribution in [0.4, 0.5) is 0 Å². The molecular formula is C15H17Br2NOS. The van der Waals surface area contributed by atoms with Crippen molar-refractivity contribution in [2.75, 3.05) is 13.7 Å². The zero-order valence-corrected chi connectivity index (χ0v) is 15.4. The average Bonchev–Trinajstić information content (AvgIpc) is 2.87. The number of nitrogens with one attached hydrogen (secondary N) is 1. The zero-order valence-electron chi connectivity index (χ0n) is 11.5. The maximum absolute atomic E-state index is 5.35. The molecule has 0 bridgehead atoms. The maximum Gasteiger partial charge on any atom is 0.119 e. The summed E-state index contributed by atoms with van der Waals surface area (Å²) in [6, 6.07) is 6.24. The van der Waals surface area contributed by atoms with Crippen LogP contribution >= 0.6 is 43.2 Å². The highest BCUT2D eigenvalue weighted by molar-refractivity contribution is 9.10. The summed E-state index contributed by atoms with van der Waals surface area (Å²) in [6.45, 7) is 3.14. The van der Waals surface area contributed by atoms with E-state index < -0.39 is 0 Å². The third-order valence-corrected chi connectivity index (χ3v) is 5.54. The van der Waals surface area contributed by atoms with Gasteiger partial charge in [0, 0.05) is 14.3 Å². The molecule has 0 radical (unpaired) electrons. The summed E-state index contributed by atoms with van der Waals surface area (Å²) in [5.74, 6) is 0.873. The number of benzene rings is 1. The Balaban J connectivity index is 2.43. The fourth-order valence-corrected chi connectivity index (χ4v) is 4.07. The van der Waals surface area contributed by atoms with Gasteiger partial charge in [0.1, 0.15) is 5.75 Å². The SMILES string of the molecule is CCCNC(c1cscc1Br)c1cc(OC)ccc1Br. The van der Waals surface area contributed by atoms with Gasteiger partial charge in [-0.3, -0.25) is 0 Å². The predicted molar refractivity (Wildman–Crippen MR) is 92.8 cm³/mol. The van der Waals surface area contributed by atoms with Crippen molar-refractivity contribution in [2.45, 2.75) is 19.4 Å². The number of rotatable bonds is 6. The minimum absolute atomic E-state index is 0.153. The van der Waals surface area contributed by atoms with Crippen LogP contribution in [0.5, 0.6) is 5.75 Å². The number of hydrogen-bond donors (Lipinski definition) is 1. The standard InChI is InChI=1S/C15H17Br2NOS/c1-3-6-18-15(12-8-20-9-14(12)17)11-7-10(19-2)4-5-13(11)16/h4-5,7-9,15,18H,3,6H2,1-2H3. The summed E-state index contributed by atoms with van der Waals surface area (Å²) in [5.41, 5.74) is 2.45. The highest BCUT2D eigenvalue weighted by Crippen LogP contribution is 2.36. The van der Waals surface area contributed by atoms with E-state index in [1.807, 2.05) is 12.1 Å². The highest BCUT2D eigenvalue weighted by atomic mass is 79.9. The van der Waals surface area contributed by atoms with Crippen molar-refractivity contribution in [3.05, 3.63) is 49.0 Å². The van der Waals surface area contributed by atoms with E-state index in [4.69, 9.17) is 4.74 Å². The molecule has 0 aliphatic heterocycles. The van der Waals surface area contributed by atoms with Gasteiger partial charge in [0.05, 0.1) is 13.2 Å². The molecule has 0 amide bonds. The molecule has 0 spiro atoms. The predicted octanol–water partition coefficient (Wildman–Crippen LogP) is 5.37. The normalized spacial score (nSPS) is 12.4. The first-order valence-corrected chi connectivity index (χ1v) is 8.98.